The molecular formula is C42H44N2O6S2. The predicted octanol–water partition coefficient (Wildman–Crippen LogP) is 9.32. The molecule has 0 saturated heterocycles. The summed E-state index contributed by atoms with van der Waals surface area (Å²) in [7, 11) is 7.23. The van der Waals surface area contributed by atoms with Gasteiger partial charge in [-0.05, 0) is 99.0 Å². The van der Waals surface area contributed by atoms with Gasteiger partial charge in [-0.25, -0.2) is 9.59 Å². The molecule has 0 amide bonds. The van der Waals surface area contributed by atoms with Gasteiger partial charge < -0.3 is 18.9 Å². The molecule has 0 N–H and O–H groups in total. The minimum Gasteiger partial charge on any atom is -0.484 e. The van der Waals surface area contributed by atoms with Gasteiger partial charge in [-0.3, -0.25) is 9.80 Å². The van der Waals surface area contributed by atoms with Crippen LogP contribution in [0.4, 0.5) is 0 Å². The molecule has 0 bridgehead atoms. The molecule has 4 unspecified atom stereocenters. The maximum Gasteiger partial charge on any atom is 0.419 e. The molecule has 4 aromatic carbocycles. The number of thiophene rings is 2. The van der Waals surface area contributed by atoms with Gasteiger partial charge in [0.25, 0.3) is 0 Å². The van der Waals surface area contributed by atoms with E-state index in [2.05, 4.69) is 0 Å². The van der Waals surface area contributed by atoms with Crippen molar-refractivity contribution >= 4 is 56.2 Å². The van der Waals surface area contributed by atoms with Crippen LogP contribution in [-0.4, -0.2) is 62.4 Å². The molecule has 2 heterocycles. The number of fused-ring (bicyclic) bond motifs is 2. The summed E-state index contributed by atoms with van der Waals surface area (Å²) >= 11 is 3.17. The van der Waals surface area contributed by atoms with Crippen molar-refractivity contribution in [2.75, 3.05) is 28.2 Å². The van der Waals surface area contributed by atoms with Crippen molar-refractivity contribution < 1.29 is 28.5 Å². The van der Waals surface area contributed by atoms with Crippen LogP contribution in [0.1, 0.15) is 45.9 Å². The van der Waals surface area contributed by atoms with E-state index in [-0.39, 0.29) is 12.8 Å². The van der Waals surface area contributed by atoms with E-state index in [1.165, 1.54) is 0 Å². The van der Waals surface area contributed by atoms with Crippen molar-refractivity contribution in [1.82, 2.24) is 9.80 Å². The Hall–Kier alpha value is -4.74. The third-order valence-electron chi connectivity index (χ3n) is 9.06. The van der Waals surface area contributed by atoms with Gasteiger partial charge in [0.2, 0.25) is 0 Å². The summed E-state index contributed by atoms with van der Waals surface area (Å²) < 4.78 is 25.1. The van der Waals surface area contributed by atoms with Crippen LogP contribution in [0, 0.1) is 13.8 Å². The molecule has 52 heavy (non-hydrogen) atoms. The zero-order chi connectivity index (χ0) is 36.8. The lowest BCUT2D eigenvalue weighted by molar-refractivity contribution is -0.185. The number of hydrogen-bond donors (Lipinski definition) is 0. The maximum atomic E-state index is 13.5. The lowest BCUT2D eigenvalue weighted by Gasteiger charge is -2.30. The van der Waals surface area contributed by atoms with Gasteiger partial charge in [0.15, 0.2) is 12.5 Å². The second-order valence-corrected chi connectivity index (χ2v) is 15.1. The van der Waals surface area contributed by atoms with Crippen LogP contribution in [0.25, 0.3) is 21.5 Å². The number of carbonyl (C=O) groups is 2. The molecule has 270 valence electrons. The number of benzene rings is 4. The normalized spacial score (nSPS) is 13.9. The van der Waals surface area contributed by atoms with E-state index in [0.29, 0.717) is 0 Å². The number of aryl methyl sites for hydroxylation is 2. The third kappa shape index (κ3) is 8.65. The molecule has 0 fully saturated rings. The fraction of sp³-hybridized carbons (Fsp3) is 0.286. The van der Waals surface area contributed by atoms with Crippen LogP contribution in [0.15, 0.2) is 108 Å². The molecule has 0 spiro atoms. The van der Waals surface area contributed by atoms with E-state index in [1.54, 1.807) is 60.7 Å². The quantitative estimate of drug-likeness (QED) is 0.0623. The van der Waals surface area contributed by atoms with E-state index >= 15 is 0 Å². The lowest BCUT2D eigenvalue weighted by atomic mass is 10.1. The third-order valence-corrected chi connectivity index (χ3v) is 11.3. The highest BCUT2D eigenvalue weighted by molar-refractivity contribution is 7.10. The van der Waals surface area contributed by atoms with Crippen LogP contribution in [0.2, 0.25) is 0 Å². The van der Waals surface area contributed by atoms with Gasteiger partial charge in [0.1, 0.15) is 23.7 Å². The van der Waals surface area contributed by atoms with Crippen molar-refractivity contribution in [1.29, 1.82) is 0 Å². The summed E-state index contributed by atoms with van der Waals surface area (Å²) in [6, 6.07) is 32.1. The van der Waals surface area contributed by atoms with Crippen molar-refractivity contribution in [2.45, 2.75) is 51.4 Å². The van der Waals surface area contributed by atoms with Gasteiger partial charge >= 0.3 is 11.9 Å². The van der Waals surface area contributed by atoms with Gasteiger partial charge in [-0.1, -0.05) is 72.8 Å². The van der Waals surface area contributed by atoms with Crippen molar-refractivity contribution in [3.05, 3.63) is 129 Å². The lowest BCUT2D eigenvalue weighted by Crippen LogP contribution is -2.41. The van der Waals surface area contributed by atoms with E-state index < -0.39 is 36.6 Å². The van der Waals surface area contributed by atoms with Gasteiger partial charge in [0.05, 0.1) is 0 Å². The largest absolute Gasteiger partial charge is 0.484 e. The van der Waals surface area contributed by atoms with Crippen LogP contribution >= 0.6 is 22.7 Å². The molecular weight excluding hydrogens is 693 g/mol. The van der Waals surface area contributed by atoms with Crippen LogP contribution in [-0.2, 0) is 19.1 Å². The smallest absolute Gasteiger partial charge is 0.419 e. The van der Waals surface area contributed by atoms with Crippen molar-refractivity contribution in [3.63, 3.8) is 0 Å². The van der Waals surface area contributed by atoms with Gasteiger partial charge in [-0.2, -0.15) is 0 Å². The molecule has 6 rings (SSSR count). The van der Waals surface area contributed by atoms with E-state index in [0.717, 1.165) is 53.9 Å². The monoisotopic (exact) mass is 736 g/mol. The first-order valence-corrected chi connectivity index (χ1v) is 19.0. The summed E-state index contributed by atoms with van der Waals surface area (Å²) in [6.45, 7) is 4.07. The van der Waals surface area contributed by atoms with Crippen LogP contribution in [0.3, 0.4) is 0 Å². The van der Waals surface area contributed by atoms with Crippen molar-refractivity contribution in [3.8, 4) is 11.5 Å². The van der Waals surface area contributed by atoms with E-state index in [1.807, 2.05) is 122 Å². The second-order valence-electron chi connectivity index (χ2n) is 13.2. The Balaban J connectivity index is 1.18. The molecule has 4 atom stereocenters. The average molecular weight is 737 g/mol. The standard InChI is InChI=1S/C42H44N2O6S2/c1-27-21-23-51-39(27)35(47-33-19-11-15-29-13-7-9-17-31(29)33)25-37(43(3)4)49-41(45)42(46)50-38(44(5)6)26-36(40-28(2)22-24-52-40)48-34-20-12-16-30-14-8-10-18-32(30)34/h7-24,35-38H,25-26H2,1-6H3. The summed E-state index contributed by atoms with van der Waals surface area (Å²) in [5.74, 6) is -0.684. The molecule has 0 aliphatic carbocycles. The molecule has 8 nitrogen and oxygen atoms in total. The Morgan fingerprint density at radius 2 is 0.942 bits per heavy atom. The number of esters is 2. The van der Waals surface area contributed by atoms with Crippen LogP contribution in [0.5, 0.6) is 11.5 Å². The topological polar surface area (TPSA) is 77.5 Å². The number of hydrogen-bond acceptors (Lipinski definition) is 10. The molecule has 0 aliphatic rings. The molecule has 2 aromatic heterocycles. The highest BCUT2D eigenvalue weighted by Crippen LogP contribution is 2.37. The first-order valence-electron chi connectivity index (χ1n) is 17.2. The number of rotatable bonds is 14. The SMILES string of the molecule is Cc1ccsc1C(CC(OC(=O)C(=O)OC(CC(Oc1cccc2ccccc12)c1sccc1C)N(C)C)N(C)C)Oc1cccc2ccccc12. The zero-order valence-electron chi connectivity index (χ0n) is 30.3. The molecule has 0 radical (unpaired) electrons. The van der Waals surface area contributed by atoms with E-state index in [4.69, 9.17) is 18.9 Å². The van der Waals surface area contributed by atoms with Gasteiger partial charge in [0, 0.05) is 33.4 Å². The minimum atomic E-state index is -1.07. The zero-order valence-corrected chi connectivity index (χ0v) is 31.9. The maximum absolute atomic E-state index is 13.5. The van der Waals surface area contributed by atoms with Crippen LogP contribution < -0.4 is 9.47 Å². The Morgan fingerprint density at radius 3 is 1.31 bits per heavy atom. The minimum absolute atomic E-state index is 0.284. The summed E-state index contributed by atoms with van der Waals surface area (Å²) in [5.41, 5.74) is 2.15. The average Bonchev–Trinajstić information content (AvgIpc) is 3.77. The first kappa shape index (κ1) is 37.0. The fourth-order valence-electron chi connectivity index (χ4n) is 6.19. The summed E-state index contributed by atoms with van der Waals surface area (Å²) in [5, 5.41) is 8.15. The Kier molecular flexibility index (Phi) is 11.9. The summed E-state index contributed by atoms with van der Waals surface area (Å²) in [6.07, 6.45) is -1.89. The van der Waals surface area contributed by atoms with Crippen molar-refractivity contribution in [2.24, 2.45) is 0 Å². The molecule has 0 aliphatic heterocycles. The number of ether oxygens (including phenoxy) is 4. The Morgan fingerprint density at radius 1 is 0.558 bits per heavy atom. The van der Waals surface area contributed by atoms with E-state index in [9.17, 15) is 9.59 Å². The highest BCUT2D eigenvalue weighted by atomic mass is 32.1. The highest BCUT2D eigenvalue weighted by Gasteiger charge is 2.33. The van der Waals surface area contributed by atoms with Gasteiger partial charge in [-0.15, -0.1) is 22.7 Å². The molecule has 6 aromatic rings. The first-order chi connectivity index (χ1) is 25.1. The fourth-order valence-corrected chi connectivity index (χ4v) is 8.13. The molecule has 10 heteroatoms. The summed E-state index contributed by atoms with van der Waals surface area (Å²) in [4.78, 5) is 32.5. The Bertz CT molecular complexity index is 1980. The Labute approximate surface area is 313 Å². The number of carbonyl (C=O) groups excluding carboxylic acids is 2. The second kappa shape index (κ2) is 16.7. The predicted molar refractivity (Wildman–Crippen MR) is 209 cm³/mol. The number of nitrogens with zero attached hydrogens (tertiary/aromatic N) is 2. The molecule has 0 saturated carbocycles.